The Labute approximate surface area is 92.7 Å². The number of nitrogens with zero attached hydrogens (tertiary/aromatic N) is 1. The molecule has 0 fully saturated rings. The maximum atomic E-state index is 11.1. The quantitative estimate of drug-likeness (QED) is 0.632. The van der Waals surface area contributed by atoms with Gasteiger partial charge in [0, 0.05) is 6.20 Å². The van der Waals surface area contributed by atoms with Crippen molar-refractivity contribution in [1.29, 1.82) is 0 Å². The van der Waals surface area contributed by atoms with Crippen molar-refractivity contribution >= 4 is 11.9 Å². The van der Waals surface area contributed by atoms with Crippen LogP contribution < -0.4 is 10.6 Å². The fraction of sp³-hybridized carbons (Fsp3) is 0.300. The Morgan fingerprint density at radius 3 is 2.88 bits per heavy atom. The molecule has 6 nitrogen and oxygen atoms in total. The minimum absolute atomic E-state index is 0.160. The van der Waals surface area contributed by atoms with Gasteiger partial charge in [-0.25, -0.2) is 4.79 Å². The molecule has 0 bridgehead atoms. The molecule has 1 aromatic heterocycles. The molecule has 1 rings (SSSR count). The Kier molecular flexibility index (Phi) is 4.41. The van der Waals surface area contributed by atoms with Gasteiger partial charge >= 0.3 is 5.97 Å². The van der Waals surface area contributed by atoms with Crippen LogP contribution in [0, 0.1) is 0 Å². The summed E-state index contributed by atoms with van der Waals surface area (Å²) in [5.41, 5.74) is 0.678. The monoisotopic (exact) mass is 223 g/mol. The van der Waals surface area contributed by atoms with Crippen molar-refractivity contribution in [2.75, 3.05) is 13.6 Å². The van der Waals surface area contributed by atoms with Gasteiger partial charge in [-0.2, -0.15) is 0 Å². The zero-order valence-electron chi connectivity index (χ0n) is 8.86. The molecule has 0 atom stereocenters. The van der Waals surface area contributed by atoms with Gasteiger partial charge in [0.2, 0.25) is 5.91 Å². The van der Waals surface area contributed by atoms with Crippen LogP contribution in [0.3, 0.4) is 0 Å². The van der Waals surface area contributed by atoms with Crippen LogP contribution in [0.2, 0.25) is 0 Å². The second kappa shape index (κ2) is 5.82. The molecular formula is C10H13N3O3. The molecule has 16 heavy (non-hydrogen) atoms. The lowest BCUT2D eigenvalue weighted by atomic mass is 10.2. The molecule has 86 valence electrons. The van der Waals surface area contributed by atoms with Gasteiger partial charge in [-0.15, -0.1) is 0 Å². The molecule has 0 aromatic carbocycles. The highest BCUT2D eigenvalue weighted by Crippen LogP contribution is 2.01. The summed E-state index contributed by atoms with van der Waals surface area (Å²) in [6.45, 7) is 0.445. The van der Waals surface area contributed by atoms with E-state index in [0.717, 1.165) is 0 Å². The topological polar surface area (TPSA) is 91.3 Å². The Morgan fingerprint density at radius 1 is 1.50 bits per heavy atom. The molecule has 6 heteroatoms. The van der Waals surface area contributed by atoms with Gasteiger partial charge in [-0.3, -0.25) is 9.78 Å². The molecule has 0 aliphatic heterocycles. The van der Waals surface area contributed by atoms with Crippen molar-refractivity contribution in [3.05, 3.63) is 29.6 Å². The highest BCUT2D eigenvalue weighted by atomic mass is 16.4. The highest BCUT2D eigenvalue weighted by molar-refractivity contribution is 5.87. The van der Waals surface area contributed by atoms with Crippen LogP contribution >= 0.6 is 0 Å². The lowest BCUT2D eigenvalue weighted by Crippen LogP contribution is -2.31. The Balaban J connectivity index is 2.57. The summed E-state index contributed by atoms with van der Waals surface area (Å²) in [5, 5.41) is 14.1. The number of aromatic nitrogens is 1. The van der Waals surface area contributed by atoms with E-state index in [1.807, 2.05) is 0 Å². The number of rotatable bonds is 5. The van der Waals surface area contributed by atoms with E-state index < -0.39 is 5.97 Å². The zero-order valence-corrected chi connectivity index (χ0v) is 8.86. The SMILES string of the molecule is CNCC(=O)NCc1cc(C(=O)O)ccn1. The van der Waals surface area contributed by atoms with Crippen LogP contribution in [0.4, 0.5) is 0 Å². The summed E-state index contributed by atoms with van der Waals surface area (Å²) < 4.78 is 0. The van der Waals surface area contributed by atoms with Gasteiger partial charge in [0.25, 0.3) is 0 Å². The number of hydrogen-bond donors (Lipinski definition) is 3. The van der Waals surface area contributed by atoms with E-state index in [0.29, 0.717) is 5.69 Å². The van der Waals surface area contributed by atoms with Crippen molar-refractivity contribution in [2.24, 2.45) is 0 Å². The number of aromatic carboxylic acids is 1. The molecule has 0 spiro atoms. The standard InChI is InChI=1S/C10H13N3O3/c1-11-6-9(14)13-5-8-4-7(10(15)16)2-3-12-8/h2-4,11H,5-6H2,1H3,(H,13,14)(H,15,16). The molecule has 0 radical (unpaired) electrons. The molecule has 3 N–H and O–H groups in total. The third kappa shape index (κ3) is 3.66. The summed E-state index contributed by atoms with van der Waals surface area (Å²) in [6, 6.07) is 2.84. The first-order valence-corrected chi connectivity index (χ1v) is 4.73. The molecule has 1 heterocycles. The smallest absolute Gasteiger partial charge is 0.335 e. The average molecular weight is 223 g/mol. The van der Waals surface area contributed by atoms with E-state index in [4.69, 9.17) is 5.11 Å². The van der Waals surface area contributed by atoms with Gasteiger partial charge < -0.3 is 15.7 Å². The minimum Gasteiger partial charge on any atom is -0.478 e. The second-order valence-corrected chi connectivity index (χ2v) is 3.15. The predicted molar refractivity (Wildman–Crippen MR) is 57.0 cm³/mol. The summed E-state index contributed by atoms with van der Waals surface area (Å²) >= 11 is 0. The lowest BCUT2D eigenvalue weighted by molar-refractivity contribution is -0.120. The van der Waals surface area contributed by atoms with E-state index in [1.165, 1.54) is 18.3 Å². The van der Waals surface area contributed by atoms with E-state index in [2.05, 4.69) is 15.6 Å². The molecule has 1 aromatic rings. The molecule has 0 saturated heterocycles. The van der Waals surface area contributed by atoms with E-state index in [9.17, 15) is 9.59 Å². The summed E-state index contributed by atoms with van der Waals surface area (Å²) in [7, 11) is 1.67. The van der Waals surface area contributed by atoms with Gasteiger partial charge in [0.1, 0.15) is 0 Å². The lowest BCUT2D eigenvalue weighted by Gasteiger charge is -2.04. The largest absolute Gasteiger partial charge is 0.478 e. The Morgan fingerprint density at radius 2 is 2.25 bits per heavy atom. The van der Waals surface area contributed by atoms with Crippen molar-refractivity contribution in [3.63, 3.8) is 0 Å². The minimum atomic E-state index is -1.01. The van der Waals surface area contributed by atoms with Crippen LogP contribution in [0.25, 0.3) is 0 Å². The number of carboxylic acids is 1. The molecule has 0 aliphatic carbocycles. The Hall–Kier alpha value is -1.95. The summed E-state index contributed by atoms with van der Waals surface area (Å²) in [6.07, 6.45) is 1.41. The van der Waals surface area contributed by atoms with Gasteiger partial charge in [0.15, 0.2) is 0 Å². The fourth-order valence-corrected chi connectivity index (χ4v) is 1.12. The number of carbonyl (C=O) groups excluding carboxylic acids is 1. The van der Waals surface area contributed by atoms with E-state index in [-0.39, 0.29) is 24.6 Å². The van der Waals surface area contributed by atoms with Crippen molar-refractivity contribution < 1.29 is 14.7 Å². The number of likely N-dealkylation sites (N-methyl/N-ethyl adjacent to an activating group) is 1. The number of hydrogen-bond acceptors (Lipinski definition) is 4. The average Bonchev–Trinajstić information content (AvgIpc) is 2.27. The van der Waals surface area contributed by atoms with E-state index in [1.54, 1.807) is 7.05 Å². The maximum absolute atomic E-state index is 11.1. The number of pyridine rings is 1. The molecule has 0 saturated carbocycles. The summed E-state index contributed by atoms with van der Waals surface area (Å²) in [4.78, 5) is 25.7. The zero-order chi connectivity index (χ0) is 12.0. The van der Waals surface area contributed by atoms with Crippen LogP contribution in [-0.4, -0.2) is 35.6 Å². The van der Waals surface area contributed by atoms with Gasteiger partial charge in [0.05, 0.1) is 24.3 Å². The first-order chi connectivity index (χ1) is 7.63. The second-order valence-electron chi connectivity index (χ2n) is 3.15. The third-order valence-electron chi connectivity index (χ3n) is 1.87. The number of carboxylic acid groups (broad SMARTS) is 1. The van der Waals surface area contributed by atoms with Crippen molar-refractivity contribution in [2.45, 2.75) is 6.54 Å². The third-order valence-corrected chi connectivity index (χ3v) is 1.87. The number of carbonyl (C=O) groups is 2. The van der Waals surface area contributed by atoms with Gasteiger partial charge in [-0.05, 0) is 19.2 Å². The number of amides is 1. The normalized spacial score (nSPS) is 9.81. The van der Waals surface area contributed by atoms with Gasteiger partial charge in [-0.1, -0.05) is 0 Å². The van der Waals surface area contributed by atoms with Crippen LogP contribution in [0.1, 0.15) is 16.1 Å². The Bertz CT molecular complexity index is 393. The van der Waals surface area contributed by atoms with Crippen LogP contribution in [-0.2, 0) is 11.3 Å². The molecule has 1 amide bonds. The van der Waals surface area contributed by atoms with Crippen LogP contribution in [0.5, 0.6) is 0 Å². The maximum Gasteiger partial charge on any atom is 0.335 e. The number of nitrogens with one attached hydrogen (secondary N) is 2. The molecule has 0 unspecified atom stereocenters. The first kappa shape index (κ1) is 12.1. The predicted octanol–water partition coefficient (Wildman–Crippen LogP) is -0.385. The fourth-order valence-electron chi connectivity index (χ4n) is 1.12. The highest BCUT2D eigenvalue weighted by Gasteiger charge is 2.05. The van der Waals surface area contributed by atoms with E-state index >= 15 is 0 Å². The molecular weight excluding hydrogens is 210 g/mol. The van der Waals surface area contributed by atoms with Crippen LogP contribution in [0.15, 0.2) is 18.3 Å². The van der Waals surface area contributed by atoms with Crippen molar-refractivity contribution in [3.8, 4) is 0 Å². The summed E-state index contributed by atoms with van der Waals surface area (Å²) in [5.74, 6) is -1.17. The first-order valence-electron chi connectivity index (χ1n) is 4.73. The molecule has 0 aliphatic rings. The van der Waals surface area contributed by atoms with Crippen molar-refractivity contribution in [1.82, 2.24) is 15.6 Å².